The lowest BCUT2D eigenvalue weighted by Crippen LogP contribution is -2.15. The number of carboxylic acid groups (broad SMARTS) is 1. The predicted octanol–water partition coefficient (Wildman–Crippen LogP) is 4.97. The second kappa shape index (κ2) is 8.90. The molecule has 0 atom stereocenters. The lowest BCUT2D eigenvalue weighted by Gasteiger charge is -2.18. The molecule has 0 spiro atoms. The number of amides is 1. The number of ether oxygens (including phenoxy) is 2. The summed E-state index contributed by atoms with van der Waals surface area (Å²) in [6, 6.07) is 9.21. The summed E-state index contributed by atoms with van der Waals surface area (Å²) in [5.74, 6) is -0.358. The van der Waals surface area contributed by atoms with Crippen LogP contribution in [0.1, 0.15) is 48.4 Å². The molecule has 0 bridgehead atoms. The van der Waals surface area contributed by atoms with Gasteiger partial charge in [0.1, 0.15) is 16.0 Å². The third-order valence-electron chi connectivity index (χ3n) is 3.38. The van der Waals surface area contributed by atoms with E-state index in [0.29, 0.717) is 27.2 Å². The first-order chi connectivity index (χ1) is 12.7. The average Bonchev–Trinajstić information content (AvgIpc) is 2.57. The van der Waals surface area contributed by atoms with Crippen LogP contribution in [0.15, 0.2) is 40.9 Å². The summed E-state index contributed by atoms with van der Waals surface area (Å²) in [6.45, 7) is 7.58. The second-order valence-corrected chi connectivity index (χ2v) is 7.25. The Morgan fingerprint density at radius 3 is 1.81 bits per heavy atom. The van der Waals surface area contributed by atoms with Gasteiger partial charge in [0.2, 0.25) is 0 Å². The van der Waals surface area contributed by atoms with Crippen LogP contribution in [0, 0.1) is 0 Å². The maximum Gasteiger partial charge on any atom is 0.335 e. The minimum Gasteiger partial charge on any atom is -0.490 e. The fourth-order valence-electron chi connectivity index (χ4n) is 2.28. The third-order valence-corrected chi connectivity index (χ3v) is 4.16. The van der Waals surface area contributed by atoms with E-state index in [1.807, 2.05) is 27.7 Å². The Hall–Kier alpha value is -2.54. The van der Waals surface area contributed by atoms with E-state index in [-0.39, 0.29) is 23.7 Å². The Labute approximate surface area is 166 Å². The molecule has 144 valence electrons. The number of benzene rings is 2. The Bertz CT molecular complexity index is 800. The molecule has 0 heterocycles. The Morgan fingerprint density at radius 1 is 0.926 bits per heavy atom. The average molecular weight is 436 g/mol. The molecule has 2 aromatic carbocycles. The normalized spacial score (nSPS) is 10.8. The van der Waals surface area contributed by atoms with E-state index < -0.39 is 5.97 Å². The summed E-state index contributed by atoms with van der Waals surface area (Å²) in [7, 11) is 0. The number of hydrogen-bond acceptors (Lipinski definition) is 4. The molecule has 2 N–H and O–H groups in total. The number of anilines is 1. The van der Waals surface area contributed by atoms with E-state index in [0.717, 1.165) is 0 Å². The van der Waals surface area contributed by atoms with Crippen molar-refractivity contribution in [3.05, 3.63) is 52.0 Å². The monoisotopic (exact) mass is 435 g/mol. The zero-order valence-electron chi connectivity index (χ0n) is 15.6. The van der Waals surface area contributed by atoms with Crippen LogP contribution >= 0.6 is 15.9 Å². The van der Waals surface area contributed by atoms with Gasteiger partial charge in [0.15, 0.2) is 0 Å². The van der Waals surface area contributed by atoms with Crippen LogP contribution in [0.25, 0.3) is 0 Å². The van der Waals surface area contributed by atoms with Gasteiger partial charge >= 0.3 is 5.97 Å². The molecule has 0 aliphatic heterocycles. The van der Waals surface area contributed by atoms with E-state index in [4.69, 9.17) is 14.6 Å². The van der Waals surface area contributed by atoms with Crippen molar-refractivity contribution in [2.75, 3.05) is 5.32 Å². The third kappa shape index (κ3) is 5.72. The highest BCUT2D eigenvalue weighted by Crippen LogP contribution is 2.37. The Kier molecular flexibility index (Phi) is 6.85. The lowest BCUT2D eigenvalue weighted by atomic mass is 10.1. The highest BCUT2D eigenvalue weighted by molar-refractivity contribution is 9.10. The fraction of sp³-hybridized carbons (Fsp3) is 0.300. The number of nitrogens with one attached hydrogen (secondary N) is 1. The first-order valence-corrected chi connectivity index (χ1v) is 9.28. The topological polar surface area (TPSA) is 84.9 Å². The molecule has 0 radical (unpaired) electrons. The van der Waals surface area contributed by atoms with Crippen molar-refractivity contribution >= 4 is 33.5 Å². The number of carbonyl (C=O) groups excluding carboxylic acids is 1. The van der Waals surface area contributed by atoms with Gasteiger partial charge in [-0.2, -0.15) is 0 Å². The summed E-state index contributed by atoms with van der Waals surface area (Å²) >= 11 is 3.47. The quantitative estimate of drug-likeness (QED) is 0.640. The van der Waals surface area contributed by atoms with Gasteiger partial charge in [-0.1, -0.05) is 0 Å². The maximum absolute atomic E-state index is 12.7. The highest BCUT2D eigenvalue weighted by atomic mass is 79.9. The summed E-state index contributed by atoms with van der Waals surface area (Å²) in [5.41, 5.74) is 1.01. The molecule has 0 fully saturated rings. The number of aromatic carboxylic acids is 1. The van der Waals surface area contributed by atoms with Crippen LogP contribution in [0.2, 0.25) is 0 Å². The van der Waals surface area contributed by atoms with Crippen molar-refractivity contribution < 1.29 is 24.2 Å². The molecule has 2 rings (SSSR count). The molecule has 27 heavy (non-hydrogen) atoms. The zero-order valence-corrected chi connectivity index (χ0v) is 17.2. The van der Waals surface area contributed by atoms with Crippen molar-refractivity contribution in [3.8, 4) is 11.5 Å². The second-order valence-electron chi connectivity index (χ2n) is 6.46. The molecular weight excluding hydrogens is 414 g/mol. The van der Waals surface area contributed by atoms with Gasteiger partial charge in [0.05, 0.1) is 17.8 Å². The molecule has 0 saturated carbocycles. The summed E-state index contributed by atoms with van der Waals surface area (Å²) in [5, 5.41) is 11.7. The minimum atomic E-state index is -1.02. The van der Waals surface area contributed by atoms with Crippen LogP contribution in [-0.2, 0) is 0 Å². The SMILES string of the molecule is CC(C)Oc1cc(C(=O)Nc2ccc(C(=O)O)cc2)cc(OC(C)C)c1Br. The fourth-order valence-corrected chi connectivity index (χ4v) is 2.70. The smallest absolute Gasteiger partial charge is 0.335 e. The molecule has 0 saturated heterocycles. The Balaban J connectivity index is 2.31. The zero-order chi connectivity index (χ0) is 20.1. The lowest BCUT2D eigenvalue weighted by molar-refractivity contribution is 0.0696. The van der Waals surface area contributed by atoms with Crippen molar-refractivity contribution in [3.63, 3.8) is 0 Å². The Morgan fingerprint density at radius 2 is 1.41 bits per heavy atom. The van der Waals surface area contributed by atoms with Crippen LogP contribution in [0.5, 0.6) is 11.5 Å². The van der Waals surface area contributed by atoms with E-state index >= 15 is 0 Å². The van der Waals surface area contributed by atoms with Crippen LogP contribution in [0.3, 0.4) is 0 Å². The van der Waals surface area contributed by atoms with E-state index in [1.165, 1.54) is 24.3 Å². The summed E-state index contributed by atoms with van der Waals surface area (Å²) < 4.78 is 12.2. The molecule has 0 aliphatic carbocycles. The number of carbonyl (C=O) groups is 2. The maximum atomic E-state index is 12.7. The highest BCUT2D eigenvalue weighted by Gasteiger charge is 2.17. The van der Waals surface area contributed by atoms with E-state index in [9.17, 15) is 9.59 Å². The number of carboxylic acids is 1. The molecule has 1 amide bonds. The molecule has 0 unspecified atom stereocenters. The van der Waals surface area contributed by atoms with Crippen LogP contribution in [-0.4, -0.2) is 29.2 Å². The standard InChI is InChI=1S/C20H22BrNO5/c1-11(2)26-16-9-14(10-17(18(16)21)27-12(3)4)19(23)22-15-7-5-13(6-8-15)20(24)25/h5-12H,1-4H3,(H,22,23)(H,24,25). The van der Waals surface area contributed by atoms with E-state index in [2.05, 4.69) is 21.2 Å². The summed E-state index contributed by atoms with van der Waals surface area (Å²) in [6.07, 6.45) is -0.148. The van der Waals surface area contributed by atoms with Crippen molar-refractivity contribution in [1.82, 2.24) is 0 Å². The van der Waals surface area contributed by atoms with Crippen molar-refractivity contribution in [2.24, 2.45) is 0 Å². The van der Waals surface area contributed by atoms with Crippen LogP contribution in [0.4, 0.5) is 5.69 Å². The molecular formula is C20H22BrNO5. The van der Waals surface area contributed by atoms with Gasteiger partial charge < -0.3 is 19.9 Å². The van der Waals surface area contributed by atoms with Gasteiger partial charge in [-0.3, -0.25) is 4.79 Å². The van der Waals surface area contributed by atoms with Crippen molar-refractivity contribution in [1.29, 1.82) is 0 Å². The molecule has 0 aromatic heterocycles. The van der Waals surface area contributed by atoms with Gasteiger partial charge in [-0.15, -0.1) is 0 Å². The van der Waals surface area contributed by atoms with Gasteiger partial charge in [0, 0.05) is 11.3 Å². The van der Waals surface area contributed by atoms with Gasteiger partial charge in [-0.25, -0.2) is 4.79 Å². The van der Waals surface area contributed by atoms with E-state index in [1.54, 1.807) is 12.1 Å². The largest absolute Gasteiger partial charge is 0.490 e. The number of rotatable bonds is 7. The van der Waals surface area contributed by atoms with Gasteiger partial charge in [-0.05, 0) is 80.0 Å². The molecule has 2 aromatic rings. The minimum absolute atomic E-state index is 0.0740. The molecule has 6 nitrogen and oxygen atoms in total. The predicted molar refractivity (Wildman–Crippen MR) is 107 cm³/mol. The number of hydrogen-bond donors (Lipinski definition) is 2. The molecule has 0 aliphatic rings. The summed E-state index contributed by atoms with van der Waals surface area (Å²) in [4.78, 5) is 23.6. The van der Waals surface area contributed by atoms with Crippen molar-refractivity contribution in [2.45, 2.75) is 39.9 Å². The number of halogens is 1. The first-order valence-electron chi connectivity index (χ1n) is 8.49. The molecule has 7 heteroatoms. The first kappa shape index (κ1) is 20.8. The van der Waals surface area contributed by atoms with Gasteiger partial charge in [0.25, 0.3) is 5.91 Å². The van der Waals surface area contributed by atoms with Crippen LogP contribution < -0.4 is 14.8 Å².